The van der Waals surface area contributed by atoms with E-state index in [-0.39, 0.29) is 17.2 Å². The zero-order valence-electron chi connectivity index (χ0n) is 11.5. The smallest absolute Gasteiger partial charge is 0.407 e. The molecule has 8 nitrogen and oxygen atoms in total. The predicted molar refractivity (Wildman–Crippen MR) is 75.0 cm³/mol. The summed E-state index contributed by atoms with van der Waals surface area (Å²) in [6.07, 6.45) is 0.789. The molecular formula is C13H15N3O5. The van der Waals surface area contributed by atoms with Crippen LogP contribution in [0.1, 0.15) is 19.8 Å². The third kappa shape index (κ3) is 3.28. The van der Waals surface area contributed by atoms with Crippen molar-refractivity contribution in [3.05, 3.63) is 38.9 Å². The molecule has 1 heterocycles. The summed E-state index contributed by atoms with van der Waals surface area (Å²) in [6, 6.07) is 4.01. The maximum absolute atomic E-state index is 11.7. The number of benzene rings is 1. The van der Waals surface area contributed by atoms with Crippen molar-refractivity contribution in [2.24, 2.45) is 0 Å². The molecule has 0 aliphatic heterocycles. The van der Waals surface area contributed by atoms with Crippen LogP contribution < -0.4 is 11.1 Å². The van der Waals surface area contributed by atoms with Crippen LogP contribution in [0.2, 0.25) is 0 Å². The Bertz CT molecular complexity index is 731. The van der Waals surface area contributed by atoms with Gasteiger partial charge in [0, 0.05) is 25.6 Å². The monoisotopic (exact) mass is 293 g/mol. The van der Waals surface area contributed by atoms with Gasteiger partial charge in [-0.05, 0) is 19.4 Å². The number of non-ortho nitro benzene ring substituents is 1. The van der Waals surface area contributed by atoms with Gasteiger partial charge in [-0.15, -0.1) is 0 Å². The highest BCUT2D eigenvalue weighted by Gasteiger charge is 2.14. The molecule has 0 saturated heterocycles. The average Bonchev–Trinajstić information content (AvgIpc) is 2.74. The SMILES string of the molecule is CCNC(=O)CCCn1c(=O)oc2cc([N+](=O)[O-])ccc21. The van der Waals surface area contributed by atoms with E-state index in [1.165, 1.54) is 22.8 Å². The zero-order valence-corrected chi connectivity index (χ0v) is 11.5. The van der Waals surface area contributed by atoms with E-state index in [0.29, 0.717) is 31.4 Å². The minimum atomic E-state index is -0.582. The topological polar surface area (TPSA) is 107 Å². The molecule has 0 saturated carbocycles. The first kappa shape index (κ1) is 14.8. The molecule has 112 valence electrons. The van der Waals surface area contributed by atoms with Gasteiger partial charge in [-0.3, -0.25) is 19.5 Å². The molecule has 0 aliphatic carbocycles. The summed E-state index contributed by atoms with van der Waals surface area (Å²) in [6.45, 7) is 2.72. The molecule has 0 unspecified atom stereocenters. The molecule has 1 aromatic carbocycles. The Morgan fingerprint density at radius 1 is 1.48 bits per heavy atom. The third-order valence-corrected chi connectivity index (χ3v) is 3.02. The third-order valence-electron chi connectivity index (χ3n) is 3.02. The zero-order chi connectivity index (χ0) is 15.4. The second-order valence-electron chi connectivity index (χ2n) is 4.49. The number of nitrogens with zero attached hydrogens (tertiary/aromatic N) is 2. The maximum atomic E-state index is 11.7. The minimum absolute atomic E-state index is 0.0750. The van der Waals surface area contributed by atoms with Crippen LogP contribution in [0.5, 0.6) is 0 Å². The molecule has 21 heavy (non-hydrogen) atoms. The van der Waals surface area contributed by atoms with Crippen molar-refractivity contribution in [2.45, 2.75) is 26.3 Å². The van der Waals surface area contributed by atoms with Crippen LogP contribution in [0.3, 0.4) is 0 Å². The fourth-order valence-corrected chi connectivity index (χ4v) is 2.06. The Balaban J connectivity index is 2.17. The number of fused-ring (bicyclic) bond motifs is 1. The van der Waals surface area contributed by atoms with Crippen LogP contribution >= 0.6 is 0 Å². The number of carbonyl (C=O) groups is 1. The number of aromatic nitrogens is 1. The van der Waals surface area contributed by atoms with Crippen molar-refractivity contribution in [1.29, 1.82) is 0 Å². The summed E-state index contributed by atoms with van der Waals surface area (Å²) in [7, 11) is 0. The first-order chi connectivity index (χ1) is 10.0. The average molecular weight is 293 g/mol. The standard InChI is InChI=1S/C13H15N3O5/c1-2-14-12(17)4-3-7-15-10-6-5-9(16(19)20)8-11(10)21-13(15)18/h5-6,8H,2-4,7H2,1H3,(H,14,17). The summed E-state index contributed by atoms with van der Waals surface area (Å²) >= 11 is 0. The highest BCUT2D eigenvalue weighted by molar-refractivity contribution is 5.76. The molecule has 1 amide bonds. The molecule has 0 atom stereocenters. The van der Waals surface area contributed by atoms with Crippen LogP contribution in [0.25, 0.3) is 11.1 Å². The largest absolute Gasteiger partial charge is 0.419 e. The van der Waals surface area contributed by atoms with Gasteiger partial charge in [-0.2, -0.15) is 0 Å². The normalized spacial score (nSPS) is 10.7. The molecule has 1 aromatic heterocycles. The molecule has 2 aromatic rings. The number of nitro benzene ring substituents is 1. The Labute approximate surface area is 119 Å². The van der Waals surface area contributed by atoms with Crippen LogP contribution in [-0.4, -0.2) is 21.9 Å². The summed E-state index contributed by atoms with van der Waals surface area (Å²) < 4.78 is 6.37. The van der Waals surface area contributed by atoms with E-state index in [1.54, 1.807) is 0 Å². The van der Waals surface area contributed by atoms with E-state index in [0.717, 1.165) is 0 Å². The van der Waals surface area contributed by atoms with Gasteiger partial charge in [0.1, 0.15) is 0 Å². The number of oxazole rings is 1. The van der Waals surface area contributed by atoms with Crippen molar-refractivity contribution in [3.8, 4) is 0 Å². The van der Waals surface area contributed by atoms with Gasteiger partial charge in [-0.1, -0.05) is 0 Å². The lowest BCUT2D eigenvalue weighted by atomic mass is 10.2. The van der Waals surface area contributed by atoms with Gasteiger partial charge in [0.25, 0.3) is 5.69 Å². The number of rotatable bonds is 6. The summed E-state index contributed by atoms with van der Waals surface area (Å²) in [5.74, 6) is -0.657. The molecule has 0 radical (unpaired) electrons. The van der Waals surface area contributed by atoms with Crippen molar-refractivity contribution < 1.29 is 14.1 Å². The quantitative estimate of drug-likeness (QED) is 0.640. The fraction of sp³-hybridized carbons (Fsp3) is 0.385. The summed E-state index contributed by atoms with van der Waals surface area (Å²) in [4.78, 5) is 33.2. The molecule has 0 spiro atoms. The van der Waals surface area contributed by atoms with E-state index in [9.17, 15) is 19.7 Å². The van der Waals surface area contributed by atoms with Gasteiger partial charge in [0.05, 0.1) is 16.5 Å². The maximum Gasteiger partial charge on any atom is 0.419 e. The molecule has 2 rings (SSSR count). The molecule has 1 N–H and O–H groups in total. The Morgan fingerprint density at radius 2 is 2.24 bits per heavy atom. The van der Waals surface area contributed by atoms with Crippen molar-refractivity contribution in [3.63, 3.8) is 0 Å². The summed E-state index contributed by atoms with van der Waals surface area (Å²) in [5.41, 5.74) is 0.527. The second kappa shape index (κ2) is 6.21. The lowest BCUT2D eigenvalue weighted by molar-refractivity contribution is -0.384. The lowest BCUT2D eigenvalue weighted by Gasteiger charge is -2.03. The predicted octanol–water partition coefficient (Wildman–Crippen LogP) is 1.42. The lowest BCUT2D eigenvalue weighted by Crippen LogP contribution is -2.23. The number of nitrogens with one attached hydrogen (secondary N) is 1. The van der Waals surface area contributed by atoms with Crippen LogP contribution in [-0.2, 0) is 11.3 Å². The molecule has 8 heteroatoms. The van der Waals surface area contributed by atoms with Crippen LogP contribution in [0.15, 0.2) is 27.4 Å². The van der Waals surface area contributed by atoms with Gasteiger partial charge in [0.15, 0.2) is 5.58 Å². The first-order valence-corrected chi connectivity index (χ1v) is 6.57. The first-order valence-electron chi connectivity index (χ1n) is 6.57. The Morgan fingerprint density at radius 3 is 2.90 bits per heavy atom. The summed E-state index contributed by atoms with van der Waals surface area (Å²) in [5, 5.41) is 13.4. The van der Waals surface area contributed by atoms with Crippen molar-refractivity contribution in [2.75, 3.05) is 6.54 Å². The fourth-order valence-electron chi connectivity index (χ4n) is 2.06. The second-order valence-corrected chi connectivity index (χ2v) is 4.49. The molecular weight excluding hydrogens is 278 g/mol. The highest BCUT2D eigenvalue weighted by atomic mass is 16.6. The molecule has 0 aliphatic rings. The number of carbonyl (C=O) groups excluding carboxylic acids is 1. The molecule has 0 bridgehead atoms. The Kier molecular flexibility index (Phi) is 4.36. The van der Waals surface area contributed by atoms with Gasteiger partial charge < -0.3 is 9.73 Å². The number of amides is 1. The van der Waals surface area contributed by atoms with Crippen LogP contribution in [0.4, 0.5) is 5.69 Å². The van der Waals surface area contributed by atoms with Crippen LogP contribution in [0, 0.1) is 10.1 Å². The van der Waals surface area contributed by atoms with E-state index < -0.39 is 10.7 Å². The number of aryl methyl sites for hydroxylation is 1. The highest BCUT2D eigenvalue weighted by Crippen LogP contribution is 2.20. The Hall–Kier alpha value is -2.64. The number of nitro groups is 1. The van der Waals surface area contributed by atoms with E-state index >= 15 is 0 Å². The van der Waals surface area contributed by atoms with Crippen molar-refractivity contribution in [1.82, 2.24) is 9.88 Å². The number of hydrogen-bond acceptors (Lipinski definition) is 5. The molecule has 0 fully saturated rings. The van der Waals surface area contributed by atoms with E-state index in [2.05, 4.69) is 5.32 Å². The van der Waals surface area contributed by atoms with Crippen molar-refractivity contribution >= 4 is 22.7 Å². The van der Waals surface area contributed by atoms with Gasteiger partial charge in [-0.25, -0.2) is 4.79 Å². The van der Waals surface area contributed by atoms with E-state index in [1.807, 2.05) is 6.92 Å². The van der Waals surface area contributed by atoms with Gasteiger partial charge >= 0.3 is 5.76 Å². The number of hydrogen-bond donors (Lipinski definition) is 1. The van der Waals surface area contributed by atoms with E-state index in [4.69, 9.17) is 4.42 Å². The minimum Gasteiger partial charge on any atom is -0.407 e. The van der Waals surface area contributed by atoms with Gasteiger partial charge in [0.2, 0.25) is 5.91 Å².